The lowest BCUT2D eigenvalue weighted by atomic mass is 10.3. The minimum Gasteiger partial charge on any atom is -0.401 e. The highest BCUT2D eigenvalue weighted by Crippen LogP contribution is 2.20. The van der Waals surface area contributed by atoms with E-state index in [-0.39, 0.29) is 17.1 Å². The fraction of sp³-hybridized carbons (Fsp3) is 0.222. The fourth-order valence-corrected chi connectivity index (χ4v) is 2.62. The van der Waals surface area contributed by atoms with Crippen LogP contribution in [0.4, 0.5) is 17.3 Å². The van der Waals surface area contributed by atoms with Crippen molar-refractivity contribution in [3.05, 3.63) is 57.9 Å². The van der Waals surface area contributed by atoms with Gasteiger partial charge in [-0.3, -0.25) is 29.1 Å². The van der Waals surface area contributed by atoms with Crippen LogP contribution in [0.1, 0.15) is 28.9 Å². The van der Waals surface area contributed by atoms with Crippen molar-refractivity contribution in [1.29, 1.82) is 0 Å². The molecule has 3 rings (SSSR count). The molecule has 0 bridgehead atoms. The van der Waals surface area contributed by atoms with Crippen LogP contribution in [0.15, 0.2) is 35.0 Å². The van der Waals surface area contributed by atoms with Crippen molar-refractivity contribution >= 4 is 35.1 Å². The molecule has 3 aromatic heterocycles. The molecule has 0 aliphatic heterocycles. The van der Waals surface area contributed by atoms with E-state index in [1.807, 2.05) is 13.8 Å². The second-order valence-corrected chi connectivity index (χ2v) is 6.20. The number of anilines is 2. The third kappa shape index (κ3) is 4.27. The Bertz CT molecular complexity index is 1140. The molecule has 0 aromatic carbocycles. The van der Waals surface area contributed by atoms with Gasteiger partial charge in [-0.25, -0.2) is 0 Å². The zero-order chi connectivity index (χ0) is 21.8. The third-order valence-corrected chi connectivity index (χ3v) is 4.29. The number of aryl methyl sites for hydroxylation is 2. The zero-order valence-corrected chi connectivity index (χ0v) is 16.4. The van der Waals surface area contributed by atoms with Gasteiger partial charge in [-0.1, -0.05) is 0 Å². The van der Waals surface area contributed by atoms with Crippen LogP contribution in [-0.2, 0) is 18.4 Å². The van der Waals surface area contributed by atoms with Gasteiger partial charge in [0.05, 0.1) is 35.5 Å². The summed E-state index contributed by atoms with van der Waals surface area (Å²) in [6, 6.07) is 2.55. The highest BCUT2D eigenvalue weighted by molar-refractivity contribution is 6.10. The van der Waals surface area contributed by atoms with Crippen LogP contribution in [0.5, 0.6) is 0 Å². The number of carbonyl (C=O) groups is 2. The normalized spacial score (nSPS) is 11.0. The number of aromatic nitrogens is 4. The fourth-order valence-electron chi connectivity index (χ4n) is 2.62. The standard InChI is InChI=1S/C18H19N7O5/c1-4-24-17(18(27)22-13-9-19-23(3)11(13)2)14(10-20-24)21-15(26)7-5-12-6-8-16(30-12)25(28)29/h5-10H,4H2,1-3H3,(H,21,26)(H,22,27)/b7-5+. The van der Waals surface area contributed by atoms with Crippen molar-refractivity contribution < 1.29 is 18.9 Å². The minimum atomic E-state index is -0.675. The summed E-state index contributed by atoms with van der Waals surface area (Å²) < 4.78 is 8.03. The van der Waals surface area contributed by atoms with Gasteiger partial charge in [0.1, 0.15) is 16.4 Å². The molecular weight excluding hydrogens is 394 g/mol. The molecule has 3 heterocycles. The van der Waals surface area contributed by atoms with Gasteiger partial charge in [-0.05, 0) is 26.0 Å². The van der Waals surface area contributed by atoms with Gasteiger partial charge >= 0.3 is 5.88 Å². The van der Waals surface area contributed by atoms with E-state index >= 15 is 0 Å². The van der Waals surface area contributed by atoms with E-state index in [9.17, 15) is 19.7 Å². The van der Waals surface area contributed by atoms with Crippen LogP contribution >= 0.6 is 0 Å². The number of hydrogen-bond donors (Lipinski definition) is 2. The largest absolute Gasteiger partial charge is 0.433 e. The number of hydrogen-bond acceptors (Lipinski definition) is 7. The van der Waals surface area contributed by atoms with Crippen LogP contribution in [0, 0.1) is 17.0 Å². The van der Waals surface area contributed by atoms with Gasteiger partial charge in [0.2, 0.25) is 5.91 Å². The molecule has 12 heteroatoms. The maximum Gasteiger partial charge on any atom is 0.433 e. The van der Waals surface area contributed by atoms with E-state index in [1.165, 1.54) is 35.3 Å². The molecule has 30 heavy (non-hydrogen) atoms. The molecule has 0 aliphatic rings. The van der Waals surface area contributed by atoms with E-state index in [0.717, 1.165) is 11.8 Å². The summed E-state index contributed by atoms with van der Waals surface area (Å²) in [5.41, 5.74) is 1.71. The van der Waals surface area contributed by atoms with Gasteiger partial charge in [-0.2, -0.15) is 10.2 Å². The van der Waals surface area contributed by atoms with Gasteiger partial charge in [0.25, 0.3) is 5.91 Å². The molecule has 0 spiro atoms. The van der Waals surface area contributed by atoms with Crippen LogP contribution < -0.4 is 10.6 Å². The molecule has 0 unspecified atom stereocenters. The highest BCUT2D eigenvalue weighted by atomic mass is 16.6. The summed E-state index contributed by atoms with van der Waals surface area (Å²) in [5.74, 6) is -1.29. The Hall–Kier alpha value is -4.22. The van der Waals surface area contributed by atoms with E-state index in [1.54, 1.807) is 11.7 Å². The third-order valence-electron chi connectivity index (χ3n) is 4.29. The van der Waals surface area contributed by atoms with E-state index in [2.05, 4.69) is 20.8 Å². The number of furan rings is 1. The molecule has 0 radical (unpaired) electrons. The minimum absolute atomic E-state index is 0.145. The topological polar surface area (TPSA) is 150 Å². The number of nitrogens with one attached hydrogen (secondary N) is 2. The molecule has 2 N–H and O–H groups in total. The quantitative estimate of drug-likeness (QED) is 0.343. The van der Waals surface area contributed by atoms with E-state index in [0.29, 0.717) is 12.2 Å². The Labute approximate surface area is 170 Å². The lowest BCUT2D eigenvalue weighted by molar-refractivity contribution is -0.402. The Balaban J connectivity index is 1.76. The van der Waals surface area contributed by atoms with Crippen LogP contribution in [0.3, 0.4) is 0 Å². The molecule has 0 atom stereocenters. The van der Waals surface area contributed by atoms with Crippen molar-refractivity contribution in [2.75, 3.05) is 10.6 Å². The first kappa shape index (κ1) is 20.5. The average molecular weight is 413 g/mol. The maximum absolute atomic E-state index is 12.8. The maximum atomic E-state index is 12.8. The number of carbonyl (C=O) groups excluding carboxylic acids is 2. The molecular formula is C18H19N7O5. The van der Waals surface area contributed by atoms with E-state index < -0.39 is 22.6 Å². The SMILES string of the molecule is CCn1ncc(NC(=O)/C=C/c2ccc([N+](=O)[O-])o2)c1C(=O)Nc1cnn(C)c1C. The molecule has 0 aliphatic carbocycles. The first-order valence-electron chi connectivity index (χ1n) is 8.89. The lowest BCUT2D eigenvalue weighted by Gasteiger charge is -2.09. The number of nitro groups is 1. The van der Waals surface area contributed by atoms with Crippen molar-refractivity contribution in [3.8, 4) is 0 Å². The van der Waals surface area contributed by atoms with Crippen molar-refractivity contribution in [1.82, 2.24) is 19.6 Å². The first-order chi connectivity index (χ1) is 14.3. The predicted octanol–water partition coefficient (Wildman–Crippen LogP) is 2.35. The van der Waals surface area contributed by atoms with Crippen LogP contribution in [0.2, 0.25) is 0 Å². The second kappa shape index (κ2) is 8.43. The predicted molar refractivity (Wildman–Crippen MR) is 107 cm³/mol. The summed E-state index contributed by atoms with van der Waals surface area (Å²) in [7, 11) is 1.76. The highest BCUT2D eigenvalue weighted by Gasteiger charge is 2.20. The monoisotopic (exact) mass is 413 g/mol. The van der Waals surface area contributed by atoms with Gasteiger partial charge < -0.3 is 15.1 Å². The molecule has 2 amide bonds. The molecule has 156 valence electrons. The average Bonchev–Trinajstić information content (AvgIpc) is 3.42. The lowest BCUT2D eigenvalue weighted by Crippen LogP contribution is -2.20. The molecule has 0 saturated carbocycles. The van der Waals surface area contributed by atoms with Crippen molar-refractivity contribution in [2.24, 2.45) is 7.05 Å². The summed E-state index contributed by atoms with van der Waals surface area (Å²) >= 11 is 0. The molecule has 0 fully saturated rings. The Morgan fingerprint density at radius 1 is 1.23 bits per heavy atom. The van der Waals surface area contributed by atoms with Gasteiger partial charge in [0.15, 0.2) is 0 Å². The Morgan fingerprint density at radius 3 is 2.57 bits per heavy atom. The summed E-state index contributed by atoms with van der Waals surface area (Å²) in [6.45, 7) is 4.04. The number of nitrogens with zero attached hydrogens (tertiary/aromatic N) is 5. The Kier molecular flexibility index (Phi) is 5.76. The summed E-state index contributed by atoms with van der Waals surface area (Å²) in [4.78, 5) is 35.0. The van der Waals surface area contributed by atoms with Crippen LogP contribution in [0.25, 0.3) is 6.08 Å². The van der Waals surface area contributed by atoms with Crippen molar-refractivity contribution in [2.45, 2.75) is 20.4 Å². The van der Waals surface area contributed by atoms with Gasteiger partial charge in [-0.15, -0.1) is 0 Å². The molecule has 0 saturated heterocycles. The number of rotatable bonds is 7. The van der Waals surface area contributed by atoms with E-state index in [4.69, 9.17) is 4.42 Å². The molecule has 12 nitrogen and oxygen atoms in total. The number of amides is 2. The second-order valence-electron chi connectivity index (χ2n) is 6.20. The van der Waals surface area contributed by atoms with Crippen LogP contribution in [-0.4, -0.2) is 36.3 Å². The van der Waals surface area contributed by atoms with Gasteiger partial charge in [0, 0.05) is 19.7 Å². The Morgan fingerprint density at radius 2 is 1.97 bits per heavy atom. The summed E-state index contributed by atoms with van der Waals surface area (Å²) in [5, 5.41) is 24.2. The molecule has 3 aromatic rings. The van der Waals surface area contributed by atoms with Crippen molar-refractivity contribution in [3.63, 3.8) is 0 Å². The smallest absolute Gasteiger partial charge is 0.401 e. The zero-order valence-electron chi connectivity index (χ0n) is 16.4. The summed E-state index contributed by atoms with van der Waals surface area (Å²) in [6.07, 6.45) is 5.32. The first-order valence-corrected chi connectivity index (χ1v) is 8.89.